The lowest BCUT2D eigenvalue weighted by Crippen LogP contribution is -2.37. The van der Waals surface area contributed by atoms with E-state index in [-0.39, 0.29) is 55.3 Å². The first-order valence-corrected chi connectivity index (χ1v) is 13.8. The number of hydrogen-bond donors (Lipinski definition) is 1. The second kappa shape index (κ2) is 16.1. The van der Waals surface area contributed by atoms with Crippen molar-refractivity contribution in [2.45, 2.75) is 104 Å². The van der Waals surface area contributed by atoms with Crippen LogP contribution in [0.1, 0.15) is 85.1 Å². The summed E-state index contributed by atoms with van der Waals surface area (Å²) in [4.78, 5) is 49.0. The highest BCUT2D eigenvalue weighted by Crippen LogP contribution is 2.30. The zero-order valence-electron chi connectivity index (χ0n) is 23.7. The molecule has 0 radical (unpaired) electrons. The van der Waals surface area contributed by atoms with E-state index in [2.05, 4.69) is 0 Å². The molecule has 1 saturated carbocycles. The van der Waals surface area contributed by atoms with Gasteiger partial charge in [-0.25, -0.2) is 4.79 Å². The van der Waals surface area contributed by atoms with Crippen LogP contribution in [0.2, 0.25) is 0 Å². The monoisotopic (exact) mass is 549 g/mol. The minimum Gasteiger partial charge on any atom is -0.458 e. The molecular formula is C29H43NO9. The minimum absolute atomic E-state index is 0.0745. The lowest BCUT2D eigenvalue weighted by molar-refractivity contribution is -0.152. The van der Waals surface area contributed by atoms with Gasteiger partial charge in [0, 0.05) is 12.8 Å². The molecule has 10 heteroatoms. The lowest BCUT2D eigenvalue weighted by Gasteiger charge is -2.22. The number of ether oxygens (including phenoxy) is 5. The average molecular weight is 550 g/mol. The molecule has 10 nitrogen and oxygen atoms in total. The summed E-state index contributed by atoms with van der Waals surface area (Å²) in [5, 5.41) is 0. The van der Waals surface area contributed by atoms with E-state index < -0.39 is 36.2 Å². The van der Waals surface area contributed by atoms with Crippen LogP contribution in [0.15, 0.2) is 18.2 Å². The van der Waals surface area contributed by atoms with Crippen LogP contribution >= 0.6 is 0 Å². The maximum absolute atomic E-state index is 12.5. The second-order valence-electron chi connectivity index (χ2n) is 10.9. The van der Waals surface area contributed by atoms with Crippen molar-refractivity contribution in [3.05, 3.63) is 23.8 Å². The molecular weight excluding hydrogens is 506 g/mol. The Hall–Kier alpha value is -3.14. The van der Waals surface area contributed by atoms with Crippen LogP contribution < -0.4 is 15.2 Å². The molecule has 0 aliphatic heterocycles. The van der Waals surface area contributed by atoms with E-state index >= 15 is 0 Å². The first-order chi connectivity index (χ1) is 18.4. The molecule has 218 valence electrons. The van der Waals surface area contributed by atoms with Gasteiger partial charge in [-0.05, 0) is 68.6 Å². The van der Waals surface area contributed by atoms with E-state index in [1.807, 2.05) is 27.7 Å². The van der Waals surface area contributed by atoms with Crippen molar-refractivity contribution in [3.63, 3.8) is 0 Å². The van der Waals surface area contributed by atoms with E-state index in [1.165, 1.54) is 12.1 Å². The Labute approximate surface area is 230 Å². The maximum Gasteiger partial charge on any atom is 0.508 e. The van der Waals surface area contributed by atoms with Gasteiger partial charge in [-0.1, -0.05) is 40.2 Å². The Balaban J connectivity index is 1.94. The smallest absolute Gasteiger partial charge is 0.458 e. The third-order valence-electron chi connectivity index (χ3n) is 5.93. The zero-order chi connectivity index (χ0) is 28.9. The maximum atomic E-state index is 12.5. The summed E-state index contributed by atoms with van der Waals surface area (Å²) in [6, 6.07) is 3.64. The Bertz CT molecular complexity index is 970. The van der Waals surface area contributed by atoms with Gasteiger partial charge in [-0.3, -0.25) is 14.4 Å². The van der Waals surface area contributed by atoms with Gasteiger partial charge in [0.1, 0.15) is 24.9 Å². The van der Waals surface area contributed by atoms with Gasteiger partial charge in [0.25, 0.3) is 0 Å². The Morgan fingerprint density at radius 3 is 2.05 bits per heavy atom. The summed E-state index contributed by atoms with van der Waals surface area (Å²) < 4.78 is 26.6. The van der Waals surface area contributed by atoms with Crippen LogP contribution in [-0.2, 0) is 35.0 Å². The zero-order valence-corrected chi connectivity index (χ0v) is 23.7. The second-order valence-corrected chi connectivity index (χ2v) is 10.9. The molecule has 0 saturated heterocycles. The highest BCUT2D eigenvalue weighted by atomic mass is 16.7. The summed E-state index contributed by atoms with van der Waals surface area (Å²) in [5.74, 6) is -1.23. The number of carbonyl (C=O) groups is 4. The van der Waals surface area contributed by atoms with Crippen LogP contribution in [0, 0.1) is 11.8 Å². The van der Waals surface area contributed by atoms with Gasteiger partial charge in [0.2, 0.25) is 0 Å². The predicted molar refractivity (Wildman–Crippen MR) is 143 cm³/mol. The molecule has 2 atom stereocenters. The summed E-state index contributed by atoms with van der Waals surface area (Å²) in [6.45, 7) is 8.99. The number of hydrogen-bond acceptors (Lipinski definition) is 10. The number of nitrogens with two attached hydrogens (primary N) is 1. The third-order valence-corrected chi connectivity index (χ3v) is 5.93. The van der Waals surface area contributed by atoms with Gasteiger partial charge in [-0.15, -0.1) is 0 Å². The molecule has 2 N–H and O–H groups in total. The van der Waals surface area contributed by atoms with E-state index in [0.29, 0.717) is 5.56 Å². The summed E-state index contributed by atoms with van der Waals surface area (Å²) >= 11 is 0. The molecule has 1 aromatic carbocycles. The minimum atomic E-state index is -1.03. The molecule has 1 fully saturated rings. The average Bonchev–Trinajstić information content (AvgIpc) is 2.84. The normalized spacial score (nSPS) is 15.4. The number of carbonyl (C=O) groups excluding carboxylic acids is 4. The van der Waals surface area contributed by atoms with Crippen molar-refractivity contribution < 1.29 is 42.9 Å². The van der Waals surface area contributed by atoms with Gasteiger partial charge in [-0.2, -0.15) is 0 Å². The lowest BCUT2D eigenvalue weighted by atomic mass is 9.98. The fourth-order valence-corrected chi connectivity index (χ4v) is 4.03. The molecule has 39 heavy (non-hydrogen) atoms. The van der Waals surface area contributed by atoms with Crippen molar-refractivity contribution in [1.29, 1.82) is 0 Å². The summed E-state index contributed by atoms with van der Waals surface area (Å²) in [6.07, 6.45) is 3.69. The van der Waals surface area contributed by atoms with Crippen LogP contribution in [0.5, 0.6) is 11.5 Å². The summed E-state index contributed by atoms with van der Waals surface area (Å²) in [7, 11) is 0. The summed E-state index contributed by atoms with van der Waals surface area (Å²) in [5.41, 5.74) is 6.65. The molecule has 0 unspecified atom stereocenters. The Kier molecular flexibility index (Phi) is 13.2. The fraction of sp³-hybridized carbons (Fsp3) is 0.655. The van der Waals surface area contributed by atoms with E-state index in [1.54, 1.807) is 13.0 Å². The van der Waals surface area contributed by atoms with Crippen molar-refractivity contribution in [2.24, 2.45) is 17.6 Å². The highest BCUT2D eigenvalue weighted by Gasteiger charge is 2.23. The highest BCUT2D eigenvalue weighted by molar-refractivity contribution is 5.77. The van der Waals surface area contributed by atoms with Gasteiger partial charge in [0.15, 0.2) is 11.5 Å². The van der Waals surface area contributed by atoms with E-state index in [4.69, 9.17) is 29.4 Å². The molecule has 0 amide bonds. The van der Waals surface area contributed by atoms with Crippen LogP contribution in [0.4, 0.5) is 4.79 Å². The number of benzene rings is 1. The molecule has 1 aromatic rings. The van der Waals surface area contributed by atoms with Crippen LogP contribution in [-0.4, -0.2) is 48.9 Å². The van der Waals surface area contributed by atoms with Crippen LogP contribution in [0.3, 0.4) is 0 Å². The van der Waals surface area contributed by atoms with E-state index in [9.17, 15) is 19.2 Å². The number of esters is 3. The van der Waals surface area contributed by atoms with Gasteiger partial charge < -0.3 is 29.4 Å². The molecule has 1 aliphatic carbocycles. The number of rotatable bonds is 13. The molecule has 1 aliphatic rings. The quantitative estimate of drug-likeness (QED) is 0.267. The SMILES string of the molecule is CC(C)CC(=O)Oc1ccc(C[C@H](N)C(=O)O[C@@H](C)COC(=O)OC2CCCCC2)cc1OC(=O)CC(C)C. The molecule has 0 spiro atoms. The van der Waals surface area contributed by atoms with Gasteiger partial charge >= 0.3 is 24.1 Å². The van der Waals surface area contributed by atoms with Gasteiger partial charge in [0.05, 0.1) is 0 Å². The molecule has 0 bridgehead atoms. The molecule has 0 heterocycles. The Morgan fingerprint density at radius 1 is 0.872 bits per heavy atom. The fourth-order valence-electron chi connectivity index (χ4n) is 4.03. The predicted octanol–water partition coefficient (Wildman–Crippen LogP) is 4.88. The first kappa shape index (κ1) is 32.1. The Morgan fingerprint density at radius 2 is 1.46 bits per heavy atom. The van der Waals surface area contributed by atoms with Crippen LogP contribution in [0.25, 0.3) is 0 Å². The largest absolute Gasteiger partial charge is 0.508 e. The molecule has 0 aromatic heterocycles. The third kappa shape index (κ3) is 12.5. The standard InChI is InChI=1S/C29H43NO9/c1-18(2)13-26(31)38-24-12-11-21(16-25(24)39-27(32)14-19(3)4)15-23(30)28(33)36-20(5)17-35-29(34)37-22-9-7-6-8-10-22/h11-12,16,18-20,22-23H,6-10,13-15,17,30H2,1-5H3/t20-,23-/m0/s1. The first-order valence-electron chi connectivity index (χ1n) is 13.8. The van der Waals surface area contributed by atoms with E-state index in [0.717, 1.165) is 32.1 Å². The van der Waals surface area contributed by atoms with Crippen molar-refractivity contribution in [2.75, 3.05) is 6.61 Å². The van der Waals surface area contributed by atoms with Crippen molar-refractivity contribution in [1.82, 2.24) is 0 Å². The van der Waals surface area contributed by atoms with Crippen molar-refractivity contribution >= 4 is 24.1 Å². The molecule has 2 rings (SSSR count). The topological polar surface area (TPSA) is 140 Å². The van der Waals surface area contributed by atoms with Crippen molar-refractivity contribution in [3.8, 4) is 11.5 Å².